The van der Waals surface area contributed by atoms with Crippen LogP contribution in [0.5, 0.6) is 11.8 Å². The molecular weight excluding hydrogens is 804 g/mol. The van der Waals surface area contributed by atoms with E-state index in [1.165, 1.54) is 6.07 Å². The number of carbonyl (C=O) groups excluding carboxylic acids is 1. The SMILES string of the molecule is O=C(O)C(F)(F)F.O=C(O)C(F)(F)F.O=C1CCCc2cccc3cc(O)cc(c23)-c2ncc3c(nc(OC[C@@]45CCCN4C[C@H](F)C5)nc3c2F)N2CCC[C@H](C2)N1. The second kappa shape index (κ2) is 16.9. The molecule has 3 saturated heterocycles. The number of carboxylic acids is 2. The quantitative estimate of drug-likeness (QED) is 0.169. The van der Waals surface area contributed by atoms with Gasteiger partial charge >= 0.3 is 30.3 Å². The number of piperidine rings is 1. The second-order valence-electron chi connectivity index (χ2n) is 14.7. The number of aliphatic carboxylic acids is 2. The highest BCUT2D eigenvalue weighted by molar-refractivity contribution is 6.01. The Hall–Kier alpha value is -5.60. The number of hydrogen-bond donors (Lipinski definition) is 4. The van der Waals surface area contributed by atoms with Gasteiger partial charge in [-0.15, -0.1) is 0 Å². The molecule has 7 heterocycles. The van der Waals surface area contributed by atoms with Crippen molar-refractivity contribution in [2.24, 2.45) is 0 Å². The third kappa shape index (κ3) is 9.66. The predicted octanol–water partition coefficient (Wildman–Crippen LogP) is 6.33. The molecule has 9 rings (SSSR count). The number of fused-ring (bicyclic) bond motifs is 6. The van der Waals surface area contributed by atoms with Gasteiger partial charge in [-0.05, 0) is 73.5 Å². The molecule has 1 amide bonds. The fourth-order valence-corrected chi connectivity index (χ4v) is 8.07. The van der Waals surface area contributed by atoms with E-state index >= 15 is 4.39 Å². The molecule has 3 fully saturated rings. The van der Waals surface area contributed by atoms with Gasteiger partial charge < -0.3 is 30.3 Å². The molecule has 0 radical (unpaired) electrons. The van der Waals surface area contributed by atoms with Crippen molar-refractivity contribution < 1.29 is 69.6 Å². The van der Waals surface area contributed by atoms with Gasteiger partial charge in [0.05, 0.1) is 10.9 Å². The average molecular weight is 843 g/mol. The summed E-state index contributed by atoms with van der Waals surface area (Å²) in [5.41, 5.74) is 1.14. The number of halogens is 8. The van der Waals surface area contributed by atoms with Gasteiger partial charge in [-0.3, -0.25) is 14.7 Å². The third-order valence-electron chi connectivity index (χ3n) is 10.6. The summed E-state index contributed by atoms with van der Waals surface area (Å²) in [7, 11) is 0. The molecule has 0 unspecified atom stereocenters. The summed E-state index contributed by atoms with van der Waals surface area (Å²) in [5.74, 6) is -5.64. The number of aromatic hydroxyl groups is 1. The van der Waals surface area contributed by atoms with Crippen molar-refractivity contribution in [3.05, 3.63) is 47.9 Å². The number of amides is 1. The fourth-order valence-electron chi connectivity index (χ4n) is 8.07. The highest BCUT2D eigenvalue weighted by Crippen LogP contribution is 2.42. The summed E-state index contributed by atoms with van der Waals surface area (Å²) >= 11 is 0. The molecule has 4 aromatic rings. The Morgan fingerprint density at radius 2 is 1.68 bits per heavy atom. The number of hydrogen-bond acceptors (Lipinski definition) is 10. The Balaban J connectivity index is 0.000000361. The maximum atomic E-state index is 16.8. The number of phenols is 1. The van der Waals surface area contributed by atoms with Gasteiger partial charge in [-0.2, -0.15) is 36.3 Å². The zero-order chi connectivity index (χ0) is 42.9. The van der Waals surface area contributed by atoms with Crippen molar-refractivity contribution in [1.29, 1.82) is 0 Å². The van der Waals surface area contributed by atoms with Crippen molar-refractivity contribution in [2.45, 2.75) is 81.5 Å². The van der Waals surface area contributed by atoms with Crippen LogP contribution in [0.2, 0.25) is 0 Å². The van der Waals surface area contributed by atoms with Crippen LogP contribution in [0.15, 0.2) is 36.5 Å². The Morgan fingerprint density at radius 3 is 2.37 bits per heavy atom. The Kier molecular flexibility index (Phi) is 12.3. The Bertz CT molecular complexity index is 2220. The average Bonchev–Trinajstić information content (AvgIpc) is 3.69. The van der Waals surface area contributed by atoms with Crippen LogP contribution in [0.4, 0.5) is 40.9 Å². The first-order valence-corrected chi connectivity index (χ1v) is 18.5. The van der Waals surface area contributed by atoms with Crippen molar-refractivity contribution in [2.75, 3.05) is 37.7 Å². The maximum absolute atomic E-state index is 16.8. The number of carbonyl (C=O) groups is 3. The van der Waals surface area contributed by atoms with Gasteiger partial charge in [-0.1, -0.05) is 18.2 Å². The molecule has 0 saturated carbocycles. The number of aryl methyl sites for hydroxylation is 1. The topological polar surface area (TPSA) is 178 Å². The van der Waals surface area contributed by atoms with Gasteiger partial charge in [0.1, 0.15) is 35.6 Å². The summed E-state index contributed by atoms with van der Waals surface area (Å²) < 4.78 is 101. The van der Waals surface area contributed by atoms with E-state index in [9.17, 15) is 40.6 Å². The lowest BCUT2D eigenvalue weighted by Gasteiger charge is -2.35. The van der Waals surface area contributed by atoms with E-state index in [-0.39, 0.29) is 41.5 Å². The van der Waals surface area contributed by atoms with Crippen molar-refractivity contribution in [3.8, 4) is 23.0 Å². The van der Waals surface area contributed by atoms with Gasteiger partial charge in [0.15, 0.2) is 5.82 Å². The molecule has 5 aliphatic heterocycles. The highest BCUT2D eigenvalue weighted by Gasteiger charge is 2.49. The molecule has 0 spiro atoms. The summed E-state index contributed by atoms with van der Waals surface area (Å²) in [5, 5.41) is 30.1. The molecule has 2 aromatic carbocycles. The van der Waals surface area contributed by atoms with E-state index in [0.717, 1.165) is 48.6 Å². The molecule has 318 valence electrons. The largest absolute Gasteiger partial charge is 0.508 e. The number of nitrogens with one attached hydrogen (secondary N) is 1. The van der Waals surface area contributed by atoms with Crippen molar-refractivity contribution >= 4 is 45.3 Å². The summed E-state index contributed by atoms with van der Waals surface area (Å²) in [6, 6.07) is 8.91. The number of anilines is 1. The van der Waals surface area contributed by atoms with Crippen LogP contribution in [0.3, 0.4) is 0 Å². The minimum absolute atomic E-state index is 0.000379. The fraction of sp³-hybridized carbons (Fsp3) is 0.474. The lowest BCUT2D eigenvalue weighted by molar-refractivity contribution is -0.193. The van der Waals surface area contributed by atoms with E-state index in [1.807, 2.05) is 23.1 Å². The van der Waals surface area contributed by atoms with E-state index in [1.54, 1.807) is 12.3 Å². The Labute approximate surface area is 330 Å². The molecular formula is C38H38F8N6O7. The van der Waals surface area contributed by atoms with E-state index in [0.29, 0.717) is 62.1 Å². The van der Waals surface area contributed by atoms with Crippen LogP contribution in [-0.4, -0.2) is 116 Å². The standard InChI is InChI=1S/C34H36F2N6O3.2C2HF3O2/c35-22-15-34(10-4-12-42(34)17-22)19-45-33-39-31-26-16-37-30(29(31)36)25-14-24(43)13-21-7-1-5-20(28(21)25)6-2-9-27(44)38-23-8-3-11-41(18-23)32(26)40-33;2*3-2(4,5)1(6)7/h1,5,7,13-14,16,22-23,43H,2-4,6,8-12,15,17-19H2,(H,38,44);2*(H,6,7)/t22-,23-,34+;;/m1../s1. The minimum Gasteiger partial charge on any atom is -0.508 e. The van der Waals surface area contributed by atoms with Crippen LogP contribution in [0.25, 0.3) is 32.9 Å². The van der Waals surface area contributed by atoms with Crippen LogP contribution in [-0.2, 0) is 20.8 Å². The molecule has 2 aromatic heterocycles. The van der Waals surface area contributed by atoms with E-state index in [2.05, 4.69) is 20.2 Å². The zero-order valence-corrected chi connectivity index (χ0v) is 31.0. The molecule has 4 N–H and O–H groups in total. The number of aromatic nitrogens is 3. The second-order valence-corrected chi connectivity index (χ2v) is 14.7. The summed E-state index contributed by atoms with van der Waals surface area (Å²) in [6.45, 7) is 2.63. The highest BCUT2D eigenvalue weighted by atomic mass is 19.4. The molecule has 3 atom stereocenters. The van der Waals surface area contributed by atoms with Gasteiger partial charge in [0.2, 0.25) is 5.91 Å². The number of ether oxygens (including phenoxy) is 1. The summed E-state index contributed by atoms with van der Waals surface area (Å²) in [6.07, 6.45) is -4.00. The first kappa shape index (κ1) is 43.0. The number of pyridine rings is 1. The first-order chi connectivity index (χ1) is 27.8. The molecule has 6 bridgehead atoms. The number of phenolic OH excluding ortho intramolecular Hbond substituents is 1. The van der Waals surface area contributed by atoms with Crippen LogP contribution < -0.4 is 15.0 Å². The number of carboxylic acid groups (broad SMARTS) is 2. The lowest BCUT2D eigenvalue weighted by atomic mass is 9.93. The zero-order valence-electron chi connectivity index (χ0n) is 31.0. The monoisotopic (exact) mass is 842 g/mol. The minimum atomic E-state index is -5.08. The summed E-state index contributed by atoms with van der Waals surface area (Å²) in [4.78, 5) is 49.1. The van der Waals surface area contributed by atoms with Crippen LogP contribution in [0.1, 0.15) is 50.5 Å². The lowest BCUT2D eigenvalue weighted by Crippen LogP contribution is -2.48. The van der Waals surface area contributed by atoms with Gasteiger partial charge in [0, 0.05) is 50.3 Å². The predicted molar refractivity (Wildman–Crippen MR) is 194 cm³/mol. The molecule has 5 aliphatic rings. The molecule has 21 heteroatoms. The molecule has 59 heavy (non-hydrogen) atoms. The number of nitrogens with zero attached hydrogens (tertiary/aromatic N) is 5. The van der Waals surface area contributed by atoms with Crippen LogP contribution >= 0.6 is 0 Å². The maximum Gasteiger partial charge on any atom is 0.490 e. The van der Waals surface area contributed by atoms with Crippen molar-refractivity contribution in [1.82, 2.24) is 25.2 Å². The normalized spacial score (nSPS) is 22.0. The van der Waals surface area contributed by atoms with Crippen molar-refractivity contribution in [3.63, 3.8) is 0 Å². The van der Waals surface area contributed by atoms with Gasteiger partial charge in [0.25, 0.3) is 0 Å². The Morgan fingerprint density at radius 1 is 0.966 bits per heavy atom. The van der Waals surface area contributed by atoms with Crippen LogP contribution in [0, 0.1) is 5.82 Å². The van der Waals surface area contributed by atoms with E-state index in [4.69, 9.17) is 29.5 Å². The molecule has 0 aliphatic carbocycles. The smallest absolute Gasteiger partial charge is 0.490 e. The third-order valence-corrected chi connectivity index (χ3v) is 10.6. The number of benzene rings is 2. The molecule has 13 nitrogen and oxygen atoms in total. The van der Waals surface area contributed by atoms with E-state index < -0.39 is 41.8 Å². The first-order valence-electron chi connectivity index (χ1n) is 18.5. The number of alkyl halides is 7. The number of rotatable bonds is 3. The van der Waals surface area contributed by atoms with Gasteiger partial charge in [-0.25, -0.2) is 18.4 Å².